The zero-order valence-corrected chi connectivity index (χ0v) is 14.1. The highest BCUT2D eigenvalue weighted by molar-refractivity contribution is 6.02. The molecule has 1 heterocycles. The van der Waals surface area contributed by atoms with Crippen molar-refractivity contribution in [1.82, 2.24) is 9.55 Å². The number of anilines is 1. The largest absolute Gasteiger partial charge is 0.495 e. The van der Waals surface area contributed by atoms with Crippen LogP contribution in [0.5, 0.6) is 5.75 Å². The van der Waals surface area contributed by atoms with Crippen molar-refractivity contribution < 1.29 is 9.53 Å². The number of amides is 1. The number of carbonyl (C=O) groups is 1. The van der Waals surface area contributed by atoms with Crippen LogP contribution in [0.1, 0.15) is 11.3 Å². The van der Waals surface area contributed by atoms with Gasteiger partial charge in [-0.05, 0) is 36.8 Å². The standard InChI is InChI=1S/C20H19N3O2/c1-15-13-23(14-21-15)18-12-17(9-10-19(18)25-2)22-20(24)11-8-16-6-4-3-5-7-16/h3-14H,1-2H3,(H,22,24). The summed E-state index contributed by atoms with van der Waals surface area (Å²) >= 11 is 0. The number of hydrogen-bond donors (Lipinski definition) is 1. The molecular weight excluding hydrogens is 314 g/mol. The van der Waals surface area contributed by atoms with Crippen molar-refractivity contribution in [3.05, 3.63) is 78.4 Å². The van der Waals surface area contributed by atoms with Gasteiger partial charge in [0.15, 0.2) is 0 Å². The minimum Gasteiger partial charge on any atom is -0.495 e. The normalized spacial score (nSPS) is 10.8. The van der Waals surface area contributed by atoms with Crippen LogP contribution < -0.4 is 10.1 Å². The summed E-state index contributed by atoms with van der Waals surface area (Å²) in [6.07, 6.45) is 6.91. The van der Waals surface area contributed by atoms with Crippen LogP contribution in [0.15, 0.2) is 67.1 Å². The number of rotatable bonds is 5. The Morgan fingerprint density at radius 3 is 2.68 bits per heavy atom. The van der Waals surface area contributed by atoms with Crippen molar-refractivity contribution in [1.29, 1.82) is 0 Å². The summed E-state index contributed by atoms with van der Waals surface area (Å²) in [5.74, 6) is 0.511. The topological polar surface area (TPSA) is 56.1 Å². The van der Waals surface area contributed by atoms with Crippen molar-refractivity contribution in [2.75, 3.05) is 12.4 Å². The number of nitrogens with one attached hydrogen (secondary N) is 1. The maximum Gasteiger partial charge on any atom is 0.248 e. The third-order valence-corrected chi connectivity index (χ3v) is 3.66. The smallest absolute Gasteiger partial charge is 0.248 e. The van der Waals surface area contributed by atoms with E-state index in [2.05, 4.69) is 10.3 Å². The number of carbonyl (C=O) groups excluding carboxylic acids is 1. The fourth-order valence-electron chi connectivity index (χ4n) is 2.44. The van der Waals surface area contributed by atoms with Crippen LogP contribution in [0.3, 0.4) is 0 Å². The van der Waals surface area contributed by atoms with Crippen LogP contribution >= 0.6 is 0 Å². The van der Waals surface area contributed by atoms with Gasteiger partial charge in [0.05, 0.1) is 24.8 Å². The Labute approximate surface area is 146 Å². The molecule has 0 saturated heterocycles. The van der Waals surface area contributed by atoms with E-state index in [4.69, 9.17) is 4.74 Å². The molecule has 1 N–H and O–H groups in total. The van der Waals surface area contributed by atoms with Crippen LogP contribution in [-0.4, -0.2) is 22.6 Å². The summed E-state index contributed by atoms with van der Waals surface area (Å²) in [4.78, 5) is 16.4. The van der Waals surface area contributed by atoms with Crippen LogP contribution in [0.2, 0.25) is 0 Å². The molecule has 0 saturated carbocycles. The van der Waals surface area contributed by atoms with Crippen molar-refractivity contribution in [2.45, 2.75) is 6.92 Å². The molecule has 0 spiro atoms. The third kappa shape index (κ3) is 4.14. The Morgan fingerprint density at radius 1 is 1.20 bits per heavy atom. The molecule has 0 radical (unpaired) electrons. The first-order valence-electron chi connectivity index (χ1n) is 7.89. The Hall–Kier alpha value is -3.34. The molecule has 0 aliphatic rings. The molecule has 5 heteroatoms. The fraction of sp³-hybridized carbons (Fsp3) is 0.100. The second kappa shape index (κ2) is 7.49. The number of hydrogen-bond acceptors (Lipinski definition) is 3. The molecule has 1 aromatic heterocycles. The van der Waals surface area contributed by atoms with Crippen molar-refractivity contribution in [2.24, 2.45) is 0 Å². The Bertz CT molecular complexity index is 898. The van der Waals surface area contributed by atoms with Gasteiger partial charge in [0.1, 0.15) is 5.75 Å². The molecule has 0 atom stereocenters. The Kier molecular flexibility index (Phi) is 4.95. The average molecular weight is 333 g/mol. The van der Waals surface area contributed by atoms with E-state index in [0.717, 1.165) is 16.9 Å². The minimum atomic E-state index is -0.193. The number of ether oxygens (including phenoxy) is 1. The fourth-order valence-corrected chi connectivity index (χ4v) is 2.44. The second-order valence-electron chi connectivity index (χ2n) is 5.54. The molecular formula is C20H19N3O2. The molecule has 25 heavy (non-hydrogen) atoms. The van der Waals surface area contributed by atoms with Crippen LogP contribution in [0, 0.1) is 6.92 Å². The number of imidazole rings is 1. The quantitative estimate of drug-likeness (QED) is 0.722. The Balaban J connectivity index is 1.78. The van der Waals surface area contributed by atoms with E-state index in [1.54, 1.807) is 25.6 Å². The molecule has 0 unspecified atom stereocenters. The van der Waals surface area contributed by atoms with E-state index in [1.807, 2.05) is 60.2 Å². The van der Waals surface area contributed by atoms with Gasteiger partial charge in [-0.2, -0.15) is 0 Å². The van der Waals surface area contributed by atoms with E-state index >= 15 is 0 Å². The highest BCUT2D eigenvalue weighted by atomic mass is 16.5. The van der Waals surface area contributed by atoms with E-state index in [0.29, 0.717) is 11.4 Å². The van der Waals surface area contributed by atoms with Crippen molar-refractivity contribution >= 4 is 17.7 Å². The van der Waals surface area contributed by atoms with Gasteiger partial charge in [-0.15, -0.1) is 0 Å². The number of aromatic nitrogens is 2. The van der Waals surface area contributed by atoms with Gasteiger partial charge in [0.2, 0.25) is 5.91 Å². The van der Waals surface area contributed by atoms with Crippen LogP contribution in [-0.2, 0) is 4.79 Å². The predicted molar refractivity (Wildman–Crippen MR) is 99.0 cm³/mol. The molecule has 126 valence electrons. The number of methoxy groups -OCH3 is 1. The third-order valence-electron chi connectivity index (χ3n) is 3.66. The van der Waals surface area contributed by atoms with Gasteiger partial charge in [-0.25, -0.2) is 4.98 Å². The second-order valence-corrected chi connectivity index (χ2v) is 5.54. The van der Waals surface area contributed by atoms with Gasteiger partial charge in [0, 0.05) is 18.0 Å². The molecule has 0 aliphatic carbocycles. The van der Waals surface area contributed by atoms with Gasteiger partial charge in [0.25, 0.3) is 0 Å². The molecule has 3 aromatic rings. The highest BCUT2D eigenvalue weighted by Crippen LogP contribution is 2.26. The summed E-state index contributed by atoms with van der Waals surface area (Å²) in [5, 5.41) is 2.87. The lowest BCUT2D eigenvalue weighted by Gasteiger charge is -2.11. The first-order chi connectivity index (χ1) is 12.2. The average Bonchev–Trinajstić information content (AvgIpc) is 3.07. The van der Waals surface area contributed by atoms with Gasteiger partial charge in [-0.1, -0.05) is 30.3 Å². The number of benzene rings is 2. The lowest BCUT2D eigenvalue weighted by Crippen LogP contribution is -2.08. The first kappa shape index (κ1) is 16.5. The van der Waals surface area contributed by atoms with Crippen molar-refractivity contribution in [3.8, 4) is 11.4 Å². The summed E-state index contributed by atoms with van der Waals surface area (Å²) in [7, 11) is 1.61. The molecule has 1 amide bonds. The highest BCUT2D eigenvalue weighted by Gasteiger charge is 2.08. The molecule has 5 nitrogen and oxygen atoms in total. The van der Waals surface area contributed by atoms with Crippen LogP contribution in [0.4, 0.5) is 5.69 Å². The summed E-state index contributed by atoms with van der Waals surface area (Å²) in [6, 6.07) is 15.2. The zero-order chi connectivity index (χ0) is 17.6. The van der Waals surface area contributed by atoms with E-state index in [-0.39, 0.29) is 5.91 Å². The SMILES string of the molecule is COc1ccc(NC(=O)C=Cc2ccccc2)cc1-n1cnc(C)c1. The monoisotopic (exact) mass is 333 g/mol. The lowest BCUT2D eigenvalue weighted by molar-refractivity contribution is -0.111. The molecule has 0 fully saturated rings. The van der Waals surface area contributed by atoms with Gasteiger partial charge >= 0.3 is 0 Å². The zero-order valence-electron chi connectivity index (χ0n) is 14.1. The van der Waals surface area contributed by atoms with Crippen LogP contribution in [0.25, 0.3) is 11.8 Å². The minimum absolute atomic E-state index is 0.193. The summed E-state index contributed by atoms with van der Waals surface area (Å²) in [6.45, 7) is 1.92. The summed E-state index contributed by atoms with van der Waals surface area (Å²) in [5.41, 5.74) is 3.38. The van der Waals surface area contributed by atoms with Crippen molar-refractivity contribution in [3.63, 3.8) is 0 Å². The maximum absolute atomic E-state index is 12.1. The molecule has 0 aliphatic heterocycles. The first-order valence-corrected chi connectivity index (χ1v) is 7.89. The number of nitrogens with zero attached hydrogens (tertiary/aromatic N) is 2. The predicted octanol–water partition coefficient (Wildman–Crippen LogP) is 3.84. The van der Waals surface area contributed by atoms with E-state index in [1.165, 1.54) is 6.08 Å². The van der Waals surface area contributed by atoms with Gasteiger partial charge in [-0.3, -0.25) is 4.79 Å². The molecule has 0 bridgehead atoms. The molecule has 2 aromatic carbocycles. The summed E-state index contributed by atoms with van der Waals surface area (Å²) < 4.78 is 7.26. The lowest BCUT2D eigenvalue weighted by atomic mass is 10.2. The number of aryl methyl sites for hydroxylation is 1. The molecule has 3 rings (SSSR count). The van der Waals surface area contributed by atoms with E-state index in [9.17, 15) is 4.79 Å². The van der Waals surface area contributed by atoms with E-state index < -0.39 is 0 Å². The Morgan fingerprint density at radius 2 is 2.00 bits per heavy atom. The maximum atomic E-state index is 12.1. The van der Waals surface area contributed by atoms with Gasteiger partial charge < -0.3 is 14.6 Å².